The van der Waals surface area contributed by atoms with Gasteiger partial charge in [-0.25, -0.2) is 9.37 Å². The van der Waals surface area contributed by atoms with E-state index in [4.69, 9.17) is 5.73 Å². The van der Waals surface area contributed by atoms with Crippen LogP contribution in [-0.2, 0) is 0 Å². The first kappa shape index (κ1) is 15.4. The molecule has 0 saturated carbocycles. The molecule has 1 unspecified atom stereocenters. The average molecular weight is 267 g/mol. The zero-order chi connectivity index (χ0) is 14.3. The Hall–Kier alpha value is -1.65. The number of amides is 1. The summed E-state index contributed by atoms with van der Waals surface area (Å²) in [5.74, 6) is -0.844. The highest BCUT2D eigenvalue weighted by Gasteiger charge is 2.16. The van der Waals surface area contributed by atoms with Crippen LogP contribution in [0.5, 0.6) is 0 Å². The second kappa shape index (κ2) is 7.71. The van der Waals surface area contributed by atoms with Crippen LogP contribution in [0.25, 0.3) is 0 Å². The Balaban J connectivity index is 2.72. The molecule has 0 radical (unpaired) electrons. The molecule has 5 heteroatoms. The van der Waals surface area contributed by atoms with E-state index in [1.54, 1.807) is 0 Å². The fourth-order valence-corrected chi connectivity index (χ4v) is 1.98. The summed E-state index contributed by atoms with van der Waals surface area (Å²) in [5.41, 5.74) is 5.71. The molecule has 0 aromatic carbocycles. The molecule has 0 aliphatic heterocycles. The minimum absolute atomic E-state index is 0.0599. The minimum atomic E-state index is -0.556. The summed E-state index contributed by atoms with van der Waals surface area (Å²) in [5, 5.41) is 2.91. The van der Waals surface area contributed by atoms with E-state index in [0.717, 1.165) is 44.4 Å². The van der Waals surface area contributed by atoms with Gasteiger partial charge in [0.05, 0.1) is 11.8 Å². The van der Waals surface area contributed by atoms with Crippen LogP contribution in [0.1, 0.15) is 56.3 Å². The van der Waals surface area contributed by atoms with Crippen LogP contribution in [0.15, 0.2) is 12.3 Å². The molecule has 0 aliphatic rings. The third kappa shape index (κ3) is 4.85. The van der Waals surface area contributed by atoms with Gasteiger partial charge in [0.15, 0.2) is 0 Å². The lowest BCUT2D eigenvalue weighted by atomic mass is 10.0. The number of hydrogen-bond donors (Lipinski definition) is 2. The number of rotatable bonds is 7. The first-order valence-corrected chi connectivity index (χ1v) is 6.80. The number of unbranched alkanes of at least 4 members (excludes halogenated alkanes) is 1. The topological polar surface area (TPSA) is 68.0 Å². The second-order valence-electron chi connectivity index (χ2n) is 4.69. The van der Waals surface area contributed by atoms with Crippen molar-refractivity contribution >= 4 is 11.7 Å². The Morgan fingerprint density at radius 2 is 2.16 bits per heavy atom. The van der Waals surface area contributed by atoms with Gasteiger partial charge in [-0.05, 0) is 18.9 Å². The van der Waals surface area contributed by atoms with Gasteiger partial charge in [-0.15, -0.1) is 0 Å². The standard InChI is InChI=1S/C14H22FN3O/c1-3-5-7-11(6-4-2)18-14(19)12-8-10(15)9-17-13(12)16/h8-9,11H,3-7H2,1-2H3,(H2,16,17)(H,18,19). The van der Waals surface area contributed by atoms with Crippen molar-refractivity contribution in [1.82, 2.24) is 10.3 Å². The predicted molar refractivity (Wildman–Crippen MR) is 74.3 cm³/mol. The summed E-state index contributed by atoms with van der Waals surface area (Å²) in [6, 6.07) is 1.24. The van der Waals surface area contributed by atoms with Crippen LogP contribution in [0.4, 0.5) is 10.2 Å². The number of hydrogen-bond acceptors (Lipinski definition) is 3. The van der Waals surface area contributed by atoms with Crippen molar-refractivity contribution in [3.05, 3.63) is 23.6 Å². The van der Waals surface area contributed by atoms with Gasteiger partial charge >= 0.3 is 0 Å². The third-order valence-electron chi connectivity index (χ3n) is 3.01. The molecule has 3 N–H and O–H groups in total. The molecule has 19 heavy (non-hydrogen) atoms. The summed E-state index contributed by atoms with van der Waals surface area (Å²) in [7, 11) is 0. The van der Waals surface area contributed by atoms with Crippen molar-refractivity contribution in [1.29, 1.82) is 0 Å². The quantitative estimate of drug-likeness (QED) is 0.798. The number of carbonyl (C=O) groups excluding carboxylic acids is 1. The number of halogens is 1. The molecular formula is C14H22FN3O. The molecular weight excluding hydrogens is 245 g/mol. The normalized spacial score (nSPS) is 12.2. The average Bonchev–Trinajstić information content (AvgIpc) is 2.39. The Bertz CT molecular complexity index is 423. The van der Waals surface area contributed by atoms with E-state index < -0.39 is 5.82 Å². The van der Waals surface area contributed by atoms with Crippen molar-refractivity contribution in [3.8, 4) is 0 Å². The van der Waals surface area contributed by atoms with Crippen molar-refractivity contribution in [2.75, 3.05) is 5.73 Å². The summed E-state index contributed by atoms with van der Waals surface area (Å²) in [4.78, 5) is 15.7. The van der Waals surface area contributed by atoms with Crippen molar-refractivity contribution in [3.63, 3.8) is 0 Å². The van der Waals surface area contributed by atoms with Crippen LogP contribution in [0.3, 0.4) is 0 Å². The van der Waals surface area contributed by atoms with E-state index in [-0.39, 0.29) is 23.3 Å². The van der Waals surface area contributed by atoms with Crippen LogP contribution in [0, 0.1) is 5.82 Å². The maximum absolute atomic E-state index is 13.1. The smallest absolute Gasteiger partial charge is 0.255 e. The molecule has 1 heterocycles. The number of anilines is 1. The molecule has 4 nitrogen and oxygen atoms in total. The number of nitrogens with zero attached hydrogens (tertiary/aromatic N) is 1. The first-order chi connectivity index (χ1) is 9.08. The van der Waals surface area contributed by atoms with Crippen LogP contribution in [0.2, 0.25) is 0 Å². The molecule has 0 aliphatic carbocycles. The van der Waals surface area contributed by atoms with E-state index in [9.17, 15) is 9.18 Å². The van der Waals surface area contributed by atoms with Crippen molar-refractivity contribution < 1.29 is 9.18 Å². The third-order valence-corrected chi connectivity index (χ3v) is 3.01. The maximum atomic E-state index is 13.1. The molecule has 106 valence electrons. The van der Waals surface area contributed by atoms with E-state index in [2.05, 4.69) is 24.1 Å². The summed E-state index contributed by atoms with van der Waals surface area (Å²) >= 11 is 0. The number of carbonyl (C=O) groups is 1. The predicted octanol–water partition coefficient (Wildman–Crippen LogP) is 2.89. The number of pyridine rings is 1. The Morgan fingerprint density at radius 1 is 1.42 bits per heavy atom. The lowest BCUT2D eigenvalue weighted by molar-refractivity contribution is 0.0932. The monoisotopic (exact) mass is 267 g/mol. The van der Waals surface area contributed by atoms with Gasteiger partial charge < -0.3 is 11.1 Å². The highest BCUT2D eigenvalue weighted by atomic mass is 19.1. The van der Waals surface area contributed by atoms with E-state index in [1.807, 2.05) is 0 Å². The molecule has 0 bridgehead atoms. The zero-order valence-corrected chi connectivity index (χ0v) is 11.6. The fraction of sp³-hybridized carbons (Fsp3) is 0.571. The van der Waals surface area contributed by atoms with Crippen LogP contribution in [-0.4, -0.2) is 16.9 Å². The fourth-order valence-electron chi connectivity index (χ4n) is 1.98. The van der Waals surface area contributed by atoms with Crippen LogP contribution >= 0.6 is 0 Å². The molecule has 0 fully saturated rings. The summed E-state index contributed by atoms with van der Waals surface area (Å²) < 4.78 is 13.1. The van der Waals surface area contributed by atoms with Gasteiger partial charge in [0.1, 0.15) is 11.6 Å². The Labute approximate surface area is 113 Å². The lowest BCUT2D eigenvalue weighted by Gasteiger charge is -2.18. The SMILES string of the molecule is CCCCC(CCC)NC(=O)c1cc(F)cnc1N. The van der Waals surface area contributed by atoms with Crippen molar-refractivity contribution in [2.24, 2.45) is 0 Å². The molecule has 1 aromatic heterocycles. The Kier molecular flexibility index (Phi) is 6.25. The van der Waals surface area contributed by atoms with Gasteiger partial charge in [-0.1, -0.05) is 33.1 Å². The van der Waals surface area contributed by atoms with Gasteiger partial charge in [-0.3, -0.25) is 4.79 Å². The second-order valence-corrected chi connectivity index (χ2v) is 4.69. The molecule has 0 saturated heterocycles. The molecule has 1 rings (SSSR count). The number of nitrogen functional groups attached to an aromatic ring is 1. The lowest BCUT2D eigenvalue weighted by Crippen LogP contribution is -2.35. The largest absolute Gasteiger partial charge is 0.383 e. The summed E-state index contributed by atoms with van der Waals surface area (Å²) in [6.07, 6.45) is 5.98. The molecule has 1 amide bonds. The number of nitrogens with one attached hydrogen (secondary N) is 1. The van der Waals surface area contributed by atoms with E-state index in [0.29, 0.717) is 0 Å². The van der Waals surface area contributed by atoms with Gasteiger partial charge in [0.2, 0.25) is 0 Å². The number of aromatic nitrogens is 1. The summed E-state index contributed by atoms with van der Waals surface area (Å²) in [6.45, 7) is 4.18. The van der Waals surface area contributed by atoms with E-state index in [1.165, 1.54) is 0 Å². The highest BCUT2D eigenvalue weighted by Crippen LogP contribution is 2.12. The Morgan fingerprint density at radius 3 is 2.79 bits per heavy atom. The number of nitrogens with two attached hydrogens (primary N) is 1. The zero-order valence-electron chi connectivity index (χ0n) is 11.6. The first-order valence-electron chi connectivity index (χ1n) is 6.80. The molecule has 1 atom stereocenters. The van der Waals surface area contributed by atoms with Gasteiger partial charge in [0.25, 0.3) is 5.91 Å². The van der Waals surface area contributed by atoms with E-state index >= 15 is 0 Å². The molecule has 0 spiro atoms. The highest BCUT2D eigenvalue weighted by molar-refractivity contribution is 5.98. The van der Waals surface area contributed by atoms with Gasteiger partial charge in [-0.2, -0.15) is 0 Å². The minimum Gasteiger partial charge on any atom is -0.383 e. The van der Waals surface area contributed by atoms with Gasteiger partial charge in [0, 0.05) is 6.04 Å². The van der Waals surface area contributed by atoms with Crippen LogP contribution < -0.4 is 11.1 Å². The maximum Gasteiger partial charge on any atom is 0.255 e. The van der Waals surface area contributed by atoms with Crippen molar-refractivity contribution in [2.45, 2.75) is 52.0 Å². The molecule has 1 aromatic rings.